The molecule has 0 aromatic rings. The van der Waals surface area contributed by atoms with Crippen LogP contribution in [0.2, 0.25) is 0 Å². The molecule has 0 fully saturated rings. The van der Waals surface area contributed by atoms with Crippen LogP contribution in [-0.4, -0.2) is 18.6 Å². The summed E-state index contributed by atoms with van der Waals surface area (Å²) < 4.78 is 27.5. The van der Waals surface area contributed by atoms with E-state index in [9.17, 15) is 8.78 Å². The maximum absolute atomic E-state index is 11.4. The standard InChI is InChI=1S/C6H11F2O/c1-6(2,3)9-4-5(7)8/h5H,1,4H2,2-3H3. The summed E-state index contributed by atoms with van der Waals surface area (Å²) >= 11 is 0. The van der Waals surface area contributed by atoms with E-state index in [1.165, 1.54) is 0 Å². The second kappa shape index (κ2) is 3.11. The van der Waals surface area contributed by atoms with Crippen LogP contribution in [0.15, 0.2) is 0 Å². The highest BCUT2D eigenvalue weighted by Gasteiger charge is 2.13. The maximum atomic E-state index is 11.4. The molecule has 9 heavy (non-hydrogen) atoms. The van der Waals surface area contributed by atoms with Crippen LogP contribution in [0.4, 0.5) is 8.78 Å². The first-order chi connectivity index (χ1) is 3.92. The Morgan fingerprint density at radius 2 is 2.00 bits per heavy atom. The third-order valence-electron chi connectivity index (χ3n) is 0.600. The lowest BCUT2D eigenvalue weighted by atomic mass is 10.2. The number of alkyl halides is 2. The van der Waals surface area contributed by atoms with Crippen LogP contribution in [0.5, 0.6) is 0 Å². The molecular weight excluding hydrogens is 126 g/mol. The van der Waals surface area contributed by atoms with Gasteiger partial charge in [-0.1, -0.05) is 0 Å². The highest BCUT2D eigenvalue weighted by molar-refractivity contribution is 4.70. The molecule has 0 amide bonds. The van der Waals surface area contributed by atoms with Crippen molar-refractivity contribution in [3.63, 3.8) is 0 Å². The van der Waals surface area contributed by atoms with Crippen LogP contribution in [0.1, 0.15) is 13.8 Å². The van der Waals surface area contributed by atoms with Crippen LogP contribution in [0.3, 0.4) is 0 Å². The molecule has 0 unspecified atom stereocenters. The van der Waals surface area contributed by atoms with Gasteiger partial charge >= 0.3 is 0 Å². The average Bonchev–Trinajstić information content (AvgIpc) is 1.59. The van der Waals surface area contributed by atoms with Gasteiger partial charge in [0, 0.05) is 0 Å². The SMILES string of the molecule is [CH2]C(C)(C)OCC(F)F. The molecule has 0 aliphatic heterocycles. The third-order valence-corrected chi connectivity index (χ3v) is 0.600. The molecule has 0 rings (SSSR count). The van der Waals surface area contributed by atoms with Crippen molar-refractivity contribution in [1.29, 1.82) is 0 Å². The van der Waals surface area contributed by atoms with Gasteiger partial charge in [0.2, 0.25) is 0 Å². The molecule has 3 heteroatoms. The topological polar surface area (TPSA) is 9.23 Å². The number of hydrogen-bond donors (Lipinski definition) is 0. The first kappa shape index (κ1) is 8.82. The number of halogens is 2. The fourth-order valence-corrected chi connectivity index (χ4v) is 0.289. The van der Waals surface area contributed by atoms with Gasteiger partial charge in [-0.25, -0.2) is 8.78 Å². The summed E-state index contributed by atoms with van der Waals surface area (Å²) in [4.78, 5) is 0. The summed E-state index contributed by atoms with van der Waals surface area (Å²) in [7, 11) is 0. The van der Waals surface area contributed by atoms with E-state index >= 15 is 0 Å². The molecular formula is C6H11F2O. The van der Waals surface area contributed by atoms with Gasteiger partial charge in [-0.2, -0.15) is 0 Å². The minimum absolute atomic E-state index is 0.531. The molecule has 55 valence electrons. The number of rotatable bonds is 3. The first-order valence-corrected chi connectivity index (χ1v) is 2.69. The molecule has 0 saturated heterocycles. The van der Waals surface area contributed by atoms with Gasteiger partial charge in [0.1, 0.15) is 6.61 Å². The second-order valence-electron chi connectivity index (χ2n) is 2.46. The smallest absolute Gasteiger partial charge is 0.261 e. The van der Waals surface area contributed by atoms with Gasteiger partial charge in [-0.3, -0.25) is 0 Å². The predicted octanol–water partition coefficient (Wildman–Crippen LogP) is 1.88. The van der Waals surface area contributed by atoms with Crippen molar-refractivity contribution in [2.75, 3.05) is 6.61 Å². The Labute approximate surface area is 54.0 Å². The van der Waals surface area contributed by atoms with Gasteiger partial charge < -0.3 is 4.74 Å². The molecule has 0 N–H and O–H groups in total. The predicted molar refractivity (Wildman–Crippen MR) is 31.4 cm³/mol. The van der Waals surface area contributed by atoms with Gasteiger partial charge in [0.25, 0.3) is 6.43 Å². The zero-order valence-electron chi connectivity index (χ0n) is 5.66. The molecule has 0 heterocycles. The van der Waals surface area contributed by atoms with Crippen molar-refractivity contribution in [3.05, 3.63) is 6.92 Å². The van der Waals surface area contributed by atoms with E-state index < -0.39 is 18.6 Å². The molecule has 1 nitrogen and oxygen atoms in total. The normalized spacial score (nSPS) is 12.7. The van der Waals surface area contributed by atoms with Crippen molar-refractivity contribution < 1.29 is 13.5 Å². The molecule has 0 aliphatic rings. The quantitative estimate of drug-likeness (QED) is 0.577. The fourth-order valence-electron chi connectivity index (χ4n) is 0.289. The highest BCUT2D eigenvalue weighted by Crippen LogP contribution is 2.07. The second-order valence-corrected chi connectivity index (χ2v) is 2.46. The van der Waals surface area contributed by atoms with Crippen LogP contribution in [0, 0.1) is 6.92 Å². The molecule has 0 saturated carbocycles. The molecule has 0 aromatic heterocycles. The Kier molecular flexibility index (Phi) is 3.04. The fraction of sp³-hybridized carbons (Fsp3) is 0.833. The summed E-state index contributed by atoms with van der Waals surface area (Å²) in [5.41, 5.74) is -0.698. The van der Waals surface area contributed by atoms with Crippen LogP contribution >= 0.6 is 0 Å². The van der Waals surface area contributed by atoms with Gasteiger partial charge in [-0.15, -0.1) is 0 Å². The van der Waals surface area contributed by atoms with Crippen LogP contribution in [-0.2, 0) is 4.74 Å². The molecule has 1 radical (unpaired) electrons. The largest absolute Gasteiger partial charge is 0.370 e. The summed E-state index contributed by atoms with van der Waals surface area (Å²) in [6.45, 7) is 6.22. The van der Waals surface area contributed by atoms with E-state index in [0.717, 1.165) is 0 Å². The number of hydrogen-bond acceptors (Lipinski definition) is 1. The Morgan fingerprint density at radius 1 is 1.56 bits per heavy atom. The van der Waals surface area contributed by atoms with Crippen molar-refractivity contribution in [1.82, 2.24) is 0 Å². The van der Waals surface area contributed by atoms with Crippen molar-refractivity contribution in [2.24, 2.45) is 0 Å². The van der Waals surface area contributed by atoms with Crippen LogP contribution in [0.25, 0.3) is 0 Å². The lowest BCUT2D eigenvalue weighted by molar-refractivity contribution is -0.0470. The summed E-state index contributed by atoms with van der Waals surface area (Å²) in [5.74, 6) is 0. The Morgan fingerprint density at radius 3 is 2.11 bits per heavy atom. The van der Waals surface area contributed by atoms with E-state index in [4.69, 9.17) is 0 Å². The first-order valence-electron chi connectivity index (χ1n) is 2.69. The Balaban J connectivity index is 3.28. The third kappa shape index (κ3) is 7.82. The molecule has 0 aromatic carbocycles. The molecule has 0 atom stereocenters. The van der Waals surface area contributed by atoms with Gasteiger partial charge in [0.15, 0.2) is 0 Å². The minimum atomic E-state index is -2.40. The molecule has 0 aliphatic carbocycles. The summed E-state index contributed by atoms with van der Waals surface area (Å²) in [5, 5.41) is 0. The zero-order chi connectivity index (χ0) is 7.49. The lowest BCUT2D eigenvalue weighted by Crippen LogP contribution is -2.22. The van der Waals surface area contributed by atoms with E-state index in [1.807, 2.05) is 0 Å². The number of ether oxygens (including phenoxy) is 1. The summed E-state index contributed by atoms with van der Waals surface area (Å²) in [6, 6.07) is 0. The monoisotopic (exact) mass is 137 g/mol. The minimum Gasteiger partial charge on any atom is -0.370 e. The average molecular weight is 137 g/mol. The van der Waals surface area contributed by atoms with Crippen molar-refractivity contribution in [3.8, 4) is 0 Å². The Bertz CT molecular complexity index is 75.6. The van der Waals surface area contributed by atoms with E-state index in [1.54, 1.807) is 13.8 Å². The summed E-state index contributed by atoms with van der Waals surface area (Å²) in [6.07, 6.45) is -2.40. The van der Waals surface area contributed by atoms with Crippen LogP contribution < -0.4 is 0 Å². The van der Waals surface area contributed by atoms with Crippen molar-refractivity contribution in [2.45, 2.75) is 25.9 Å². The molecule has 0 bridgehead atoms. The van der Waals surface area contributed by atoms with E-state index in [2.05, 4.69) is 11.7 Å². The van der Waals surface area contributed by atoms with E-state index in [-0.39, 0.29) is 0 Å². The lowest BCUT2D eigenvalue weighted by Gasteiger charge is -2.18. The molecule has 0 spiro atoms. The van der Waals surface area contributed by atoms with Gasteiger partial charge in [-0.05, 0) is 20.8 Å². The van der Waals surface area contributed by atoms with E-state index in [0.29, 0.717) is 0 Å². The van der Waals surface area contributed by atoms with Crippen molar-refractivity contribution >= 4 is 0 Å². The highest BCUT2D eigenvalue weighted by atomic mass is 19.3. The maximum Gasteiger partial charge on any atom is 0.261 e. The zero-order valence-corrected chi connectivity index (χ0v) is 5.66. The Hall–Kier alpha value is -0.180. The van der Waals surface area contributed by atoms with Gasteiger partial charge in [0.05, 0.1) is 5.60 Å².